The molecule has 30 heavy (non-hydrogen) atoms. The van der Waals surface area contributed by atoms with Gasteiger partial charge in [-0.15, -0.1) is 0 Å². The van der Waals surface area contributed by atoms with Crippen LogP contribution in [0.5, 0.6) is 0 Å². The molecule has 4 nitrogen and oxygen atoms in total. The van der Waals surface area contributed by atoms with E-state index in [0.717, 1.165) is 0 Å². The van der Waals surface area contributed by atoms with Crippen LogP contribution in [-0.2, 0) is 0 Å². The molecule has 3 aromatic carbocycles. The molecule has 0 saturated heterocycles. The van der Waals surface area contributed by atoms with Crippen molar-refractivity contribution < 1.29 is 19.2 Å². The first kappa shape index (κ1) is 17.5. The number of benzene rings is 3. The van der Waals surface area contributed by atoms with Gasteiger partial charge in [0.2, 0.25) is 0 Å². The molecule has 3 aliphatic carbocycles. The highest BCUT2D eigenvalue weighted by atomic mass is 35.5. The van der Waals surface area contributed by atoms with Crippen molar-refractivity contribution >= 4 is 34.7 Å². The number of rotatable bonds is 1. The predicted octanol–water partition coefficient (Wildman–Crippen LogP) is 4.57. The molecule has 3 aromatic rings. The molecule has 5 heteroatoms. The summed E-state index contributed by atoms with van der Waals surface area (Å²) >= 11 is 6.03. The van der Waals surface area contributed by atoms with E-state index in [4.69, 9.17) is 11.6 Å². The Kier molecular flexibility index (Phi) is 3.15. The molecule has 2 spiro atoms. The minimum Gasteiger partial charge on any atom is -0.293 e. The Bertz CT molecular complexity index is 1180. The van der Waals surface area contributed by atoms with Crippen LogP contribution >= 0.6 is 11.6 Å². The fourth-order valence-electron chi connectivity index (χ4n) is 5.68. The summed E-state index contributed by atoms with van der Waals surface area (Å²) in [7, 11) is 0. The molecular weight excluding hydrogens is 400 g/mol. The highest BCUT2D eigenvalue weighted by Crippen LogP contribution is 2.81. The van der Waals surface area contributed by atoms with E-state index in [1.807, 2.05) is 0 Å². The Morgan fingerprint density at radius 3 is 1.20 bits per heavy atom. The van der Waals surface area contributed by atoms with E-state index >= 15 is 0 Å². The number of carbonyl (C=O) groups is 4. The summed E-state index contributed by atoms with van der Waals surface area (Å²) in [5.74, 6) is -2.65. The normalized spacial score (nSPS) is 20.2. The number of ketones is 4. The smallest absolute Gasteiger partial charge is 0.179 e. The first-order valence-electron chi connectivity index (χ1n) is 9.60. The highest BCUT2D eigenvalue weighted by Gasteiger charge is 2.93. The Morgan fingerprint density at radius 1 is 0.533 bits per heavy atom. The molecule has 0 atom stereocenters. The lowest BCUT2D eigenvalue weighted by Gasteiger charge is -2.11. The fourth-order valence-corrected chi connectivity index (χ4v) is 5.81. The number of hydrogen-bond donors (Lipinski definition) is 0. The van der Waals surface area contributed by atoms with E-state index < -0.39 is 39.9 Å². The van der Waals surface area contributed by atoms with Crippen LogP contribution in [0, 0.1) is 10.8 Å². The van der Waals surface area contributed by atoms with Gasteiger partial charge >= 0.3 is 0 Å². The van der Waals surface area contributed by atoms with Crippen molar-refractivity contribution in [2.75, 3.05) is 0 Å². The first-order chi connectivity index (χ1) is 14.5. The molecule has 1 fully saturated rings. The monoisotopic (exact) mass is 412 g/mol. The van der Waals surface area contributed by atoms with E-state index in [2.05, 4.69) is 0 Å². The molecule has 0 aromatic heterocycles. The van der Waals surface area contributed by atoms with Gasteiger partial charge < -0.3 is 0 Å². The van der Waals surface area contributed by atoms with Crippen LogP contribution in [0.1, 0.15) is 52.9 Å². The van der Waals surface area contributed by atoms with E-state index in [1.165, 1.54) is 0 Å². The van der Waals surface area contributed by atoms with Crippen molar-refractivity contribution in [1.82, 2.24) is 0 Å². The number of Topliss-reactive ketones (excluding diaryl/α,β-unsaturated/α-hetero) is 4. The standard InChI is InChI=1S/C25H13ClO4/c26-14-11-9-13(10-12-14)19-24(20(27)15-5-1-2-6-16(15)21(24)28)25(19)22(29)17-7-3-4-8-18(17)23(25)30/h1-12,19H. The summed E-state index contributed by atoms with van der Waals surface area (Å²) in [6.45, 7) is 0. The summed E-state index contributed by atoms with van der Waals surface area (Å²) in [5, 5.41) is 0.488. The lowest BCUT2D eigenvalue weighted by Crippen LogP contribution is -2.32. The number of fused-ring (bicyclic) bond motifs is 3. The third-order valence-corrected chi connectivity index (χ3v) is 7.13. The van der Waals surface area contributed by atoms with E-state index in [9.17, 15) is 19.2 Å². The zero-order chi connectivity index (χ0) is 20.8. The minimum absolute atomic E-state index is 0.273. The number of hydrogen-bond acceptors (Lipinski definition) is 4. The van der Waals surface area contributed by atoms with Gasteiger partial charge in [0.15, 0.2) is 23.1 Å². The Morgan fingerprint density at radius 2 is 0.867 bits per heavy atom. The van der Waals surface area contributed by atoms with Crippen LogP contribution in [0.4, 0.5) is 0 Å². The quantitative estimate of drug-likeness (QED) is 0.549. The zero-order valence-electron chi connectivity index (χ0n) is 15.5. The SMILES string of the molecule is O=C1c2ccccc2C(=O)C12C(c1ccc(Cl)cc1)C21C(=O)c2ccccc2C1=O. The van der Waals surface area contributed by atoms with Gasteiger partial charge in [0.05, 0.1) is 0 Å². The van der Waals surface area contributed by atoms with Gasteiger partial charge in [-0.05, 0) is 17.7 Å². The Balaban J connectivity index is 1.66. The molecule has 6 rings (SSSR count). The van der Waals surface area contributed by atoms with Crippen molar-refractivity contribution in [1.29, 1.82) is 0 Å². The largest absolute Gasteiger partial charge is 0.293 e. The summed E-state index contributed by atoms with van der Waals surface area (Å²) in [4.78, 5) is 54.8. The van der Waals surface area contributed by atoms with Gasteiger partial charge in [0.25, 0.3) is 0 Å². The second-order valence-corrected chi connectivity index (χ2v) is 8.44. The van der Waals surface area contributed by atoms with Crippen molar-refractivity contribution in [3.05, 3.63) is 106 Å². The third kappa shape index (κ3) is 1.64. The van der Waals surface area contributed by atoms with Gasteiger partial charge in [-0.1, -0.05) is 72.3 Å². The van der Waals surface area contributed by atoms with E-state index in [-0.39, 0.29) is 22.3 Å². The van der Waals surface area contributed by atoms with Crippen LogP contribution in [0.15, 0.2) is 72.8 Å². The van der Waals surface area contributed by atoms with Crippen molar-refractivity contribution in [3.63, 3.8) is 0 Å². The molecule has 3 aliphatic rings. The van der Waals surface area contributed by atoms with Crippen molar-refractivity contribution in [2.45, 2.75) is 5.92 Å². The summed E-state index contributed by atoms with van der Waals surface area (Å²) in [6.07, 6.45) is 0. The second-order valence-electron chi connectivity index (χ2n) is 8.01. The van der Waals surface area contributed by atoms with Crippen molar-refractivity contribution in [3.8, 4) is 0 Å². The third-order valence-electron chi connectivity index (χ3n) is 6.87. The molecule has 0 aliphatic heterocycles. The number of carbonyl (C=O) groups excluding carboxylic acids is 4. The number of halogens is 1. The van der Waals surface area contributed by atoms with Crippen LogP contribution in [0.2, 0.25) is 5.02 Å². The average Bonchev–Trinajstić information content (AvgIpc) is 3.29. The molecule has 0 radical (unpaired) electrons. The van der Waals surface area contributed by atoms with Gasteiger partial charge in [-0.25, -0.2) is 0 Å². The fraction of sp³-hybridized carbons (Fsp3) is 0.120. The van der Waals surface area contributed by atoms with E-state index in [0.29, 0.717) is 10.6 Å². The molecule has 0 amide bonds. The summed E-state index contributed by atoms with van der Waals surface area (Å²) in [6, 6.07) is 19.8. The van der Waals surface area contributed by atoms with Gasteiger partial charge in [0.1, 0.15) is 10.8 Å². The van der Waals surface area contributed by atoms with Crippen LogP contribution in [0.25, 0.3) is 0 Å². The summed E-state index contributed by atoms with van der Waals surface area (Å²) in [5.41, 5.74) is -1.80. The van der Waals surface area contributed by atoms with Gasteiger partial charge in [-0.2, -0.15) is 0 Å². The molecule has 0 heterocycles. The maximum atomic E-state index is 13.7. The van der Waals surface area contributed by atoms with Crippen molar-refractivity contribution in [2.24, 2.45) is 10.8 Å². The highest BCUT2D eigenvalue weighted by molar-refractivity contribution is 6.45. The molecule has 144 valence electrons. The van der Waals surface area contributed by atoms with Crippen LogP contribution in [0.3, 0.4) is 0 Å². The Hall–Kier alpha value is -3.37. The molecule has 0 bridgehead atoms. The Labute approximate surface area is 176 Å². The molecule has 0 N–H and O–H groups in total. The lowest BCUT2D eigenvalue weighted by molar-refractivity contribution is 0.0663. The molecular formula is C25H13ClO4. The molecule has 1 saturated carbocycles. The van der Waals surface area contributed by atoms with Gasteiger partial charge in [0, 0.05) is 33.2 Å². The first-order valence-corrected chi connectivity index (χ1v) is 9.98. The predicted molar refractivity (Wildman–Crippen MR) is 109 cm³/mol. The van der Waals surface area contributed by atoms with Crippen LogP contribution in [-0.4, -0.2) is 23.1 Å². The maximum absolute atomic E-state index is 13.7. The molecule has 0 unspecified atom stereocenters. The second kappa shape index (κ2) is 5.41. The van der Waals surface area contributed by atoms with Gasteiger partial charge in [-0.3, -0.25) is 19.2 Å². The topological polar surface area (TPSA) is 68.3 Å². The lowest BCUT2D eigenvalue weighted by atomic mass is 9.84. The minimum atomic E-state index is -1.74. The summed E-state index contributed by atoms with van der Waals surface area (Å²) < 4.78 is 0. The van der Waals surface area contributed by atoms with Crippen LogP contribution < -0.4 is 0 Å². The maximum Gasteiger partial charge on any atom is 0.179 e. The van der Waals surface area contributed by atoms with E-state index in [1.54, 1.807) is 72.8 Å². The zero-order valence-corrected chi connectivity index (χ0v) is 16.3. The average molecular weight is 413 g/mol.